The molecule has 0 bridgehead atoms. The molecule has 1 atom stereocenters. The Morgan fingerprint density at radius 3 is 2.47 bits per heavy atom. The van der Waals surface area contributed by atoms with E-state index in [1.54, 1.807) is 25.1 Å². The van der Waals surface area contributed by atoms with Crippen molar-refractivity contribution < 1.29 is 13.9 Å². The average molecular weight is 258 g/mol. The number of halogens is 1. The van der Waals surface area contributed by atoms with Gasteiger partial charge in [-0.25, -0.2) is 4.39 Å². The molecule has 2 nitrogen and oxygen atoms in total. The number of hydrogen-bond donors (Lipinski definition) is 0. The molecule has 1 unspecified atom stereocenters. The second-order valence-electron chi connectivity index (χ2n) is 4.34. The maximum absolute atomic E-state index is 13.3. The lowest BCUT2D eigenvalue weighted by Gasteiger charge is -2.15. The van der Waals surface area contributed by atoms with E-state index in [0.29, 0.717) is 16.9 Å². The van der Waals surface area contributed by atoms with Gasteiger partial charge < -0.3 is 4.74 Å². The smallest absolute Gasteiger partial charge is 0.170 e. The van der Waals surface area contributed by atoms with Gasteiger partial charge in [-0.3, -0.25) is 4.79 Å². The van der Waals surface area contributed by atoms with E-state index in [4.69, 9.17) is 4.74 Å². The highest BCUT2D eigenvalue weighted by Crippen LogP contribution is 2.29. The molecule has 98 valence electrons. The van der Waals surface area contributed by atoms with Crippen LogP contribution in [0.1, 0.15) is 28.8 Å². The van der Waals surface area contributed by atoms with Crippen LogP contribution in [0.2, 0.25) is 0 Å². The summed E-state index contributed by atoms with van der Waals surface area (Å²) < 4.78 is 18.5. The summed E-state index contributed by atoms with van der Waals surface area (Å²) in [4.78, 5) is 12.3. The van der Waals surface area contributed by atoms with Crippen LogP contribution in [-0.4, -0.2) is 12.9 Å². The molecular weight excluding hydrogens is 243 g/mol. The molecule has 0 N–H and O–H groups in total. The molecule has 3 heteroatoms. The van der Waals surface area contributed by atoms with Gasteiger partial charge in [-0.15, -0.1) is 0 Å². The fourth-order valence-electron chi connectivity index (χ4n) is 2.04. The zero-order valence-electron chi connectivity index (χ0n) is 10.9. The third kappa shape index (κ3) is 2.81. The van der Waals surface area contributed by atoms with Gasteiger partial charge in [0.05, 0.1) is 7.11 Å². The molecule has 0 aliphatic carbocycles. The summed E-state index contributed by atoms with van der Waals surface area (Å²) in [6.45, 7) is 1.76. The van der Waals surface area contributed by atoms with Gasteiger partial charge in [-0.2, -0.15) is 0 Å². The van der Waals surface area contributed by atoms with Gasteiger partial charge in [0, 0.05) is 17.0 Å². The van der Waals surface area contributed by atoms with Gasteiger partial charge in [0.2, 0.25) is 0 Å². The largest absolute Gasteiger partial charge is 0.496 e. The van der Waals surface area contributed by atoms with E-state index in [-0.39, 0.29) is 11.6 Å². The molecule has 0 aromatic heterocycles. The molecule has 0 saturated heterocycles. The van der Waals surface area contributed by atoms with Crippen molar-refractivity contribution in [1.29, 1.82) is 0 Å². The molecule has 0 amide bonds. The molecule has 0 radical (unpaired) electrons. The summed E-state index contributed by atoms with van der Waals surface area (Å²) >= 11 is 0. The lowest BCUT2D eigenvalue weighted by Crippen LogP contribution is -2.11. The van der Waals surface area contributed by atoms with Crippen LogP contribution in [0.4, 0.5) is 4.39 Å². The van der Waals surface area contributed by atoms with Crippen molar-refractivity contribution in [3.8, 4) is 5.75 Å². The van der Waals surface area contributed by atoms with Gasteiger partial charge in [0.15, 0.2) is 5.78 Å². The van der Waals surface area contributed by atoms with Gasteiger partial charge in [-0.05, 0) is 18.2 Å². The van der Waals surface area contributed by atoms with Crippen molar-refractivity contribution >= 4 is 5.78 Å². The zero-order chi connectivity index (χ0) is 13.8. The van der Waals surface area contributed by atoms with E-state index >= 15 is 0 Å². The van der Waals surface area contributed by atoms with Gasteiger partial charge in [0.25, 0.3) is 0 Å². The Kier molecular flexibility index (Phi) is 3.95. The standard InChI is InChI=1S/C16H15FO2/c1-11(16(18)12-6-4-3-5-7-12)14-10-13(17)8-9-15(14)19-2/h3-11H,1-2H3. The number of Topliss-reactive ketones (excluding diaryl/α,β-unsaturated/α-hetero) is 1. The number of hydrogen-bond acceptors (Lipinski definition) is 2. The van der Waals surface area contributed by atoms with E-state index in [2.05, 4.69) is 0 Å². The molecule has 0 spiro atoms. The van der Waals surface area contributed by atoms with Gasteiger partial charge in [0.1, 0.15) is 11.6 Å². The lowest BCUT2D eigenvalue weighted by molar-refractivity contribution is 0.0965. The topological polar surface area (TPSA) is 26.3 Å². The molecule has 2 aromatic carbocycles. The Balaban J connectivity index is 2.36. The summed E-state index contributed by atoms with van der Waals surface area (Å²) in [6, 6.07) is 13.2. The van der Waals surface area contributed by atoms with E-state index in [9.17, 15) is 9.18 Å². The molecule has 2 rings (SSSR count). The second kappa shape index (κ2) is 5.65. The molecule has 0 aliphatic heterocycles. The predicted octanol–water partition coefficient (Wildman–Crippen LogP) is 3.82. The van der Waals surface area contributed by atoms with Crippen LogP contribution in [0, 0.1) is 5.82 Å². The maximum atomic E-state index is 13.3. The zero-order valence-corrected chi connectivity index (χ0v) is 10.9. The van der Waals surface area contributed by atoms with Crippen LogP contribution in [-0.2, 0) is 0 Å². The van der Waals surface area contributed by atoms with E-state index in [1.165, 1.54) is 19.2 Å². The Morgan fingerprint density at radius 2 is 1.84 bits per heavy atom. The number of ketones is 1. The summed E-state index contributed by atoms with van der Waals surface area (Å²) in [5.41, 5.74) is 1.18. The first-order valence-corrected chi connectivity index (χ1v) is 6.06. The quantitative estimate of drug-likeness (QED) is 0.779. The number of carbonyl (C=O) groups excluding carboxylic acids is 1. The van der Waals surface area contributed by atoms with Crippen LogP contribution in [0.25, 0.3) is 0 Å². The Labute approximate surface area is 111 Å². The third-order valence-corrected chi connectivity index (χ3v) is 3.11. The fourth-order valence-corrected chi connectivity index (χ4v) is 2.04. The molecule has 19 heavy (non-hydrogen) atoms. The molecular formula is C16H15FO2. The van der Waals surface area contributed by atoms with Crippen molar-refractivity contribution in [3.63, 3.8) is 0 Å². The number of ether oxygens (including phenoxy) is 1. The van der Waals surface area contributed by atoms with Gasteiger partial charge in [-0.1, -0.05) is 37.3 Å². The number of methoxy groups -OCH3 is 1. The lowest BCUT2D eigenvalue weighted by atomic mass is 9.91. The van der Waals surface area contributed by atoms with Crippen LogP contribution < -0.4 is 4.74 Å². The number of benzene rings is 2. The summed E-state index contributed by atoms with van der Waals surface area (Å²) in [5.74, 6) is -0.348. The van der Waals surface area contributed by atoms with Crippen LogP contribution in [0.3, 0.4) is 0 Å². The second-order valence-corrected chi connectivity index (χ2v) is 4.34. The van der Waals surface area contributed by atoms with Crippen molar-refractivity contribution in [1.82, 2.24) is 0 Å². The highest BCUT2D eigenvalue weighted by molar-refractivity contribution is 6.01. The predicted molar refractivity (Wildman–Crippen MR) is 72.1 cm³/mol. The van der Waals surface area contributed by atoms with E-state index in [1.807, 2.05) is 18.2 Å². The first kappa shape index (κ1) is 13.3. The minimum absolute atomic E-state index is 0.0514. The first-order chi connectivity index (χ1) is 9.13. The maximum Gasteiger partial charge on any atom is 0.170 e. The van der Waals surface area contributed by atoms with Crippen molar-refractivity contribution in [2.75, 3.05) is 7.11 Å². The van der Waals surface area contributed by atoms with Crippen molar-refractivity contribution in [3.05, 3.63) is 65.5 Å². The van der Waals surface area contributed by atoms with Crippen LogP contribution >= 0.6 is 0 Å². The number of rotatable bonds is 4. The first-order valence-electron chi connectivity index (χ1n) is 6.06. The van der Waals surface area contributed by atoms with Crippen molar-refractivity contribution in [2.45, 2.75) is 12.8 Å². The minimum Gasteiger partial charge on any atom is -0.496 e. The molecule has 0 fully saturated rings. The Hall–Kier alpha value is -2.16. The fraction of sp³-hybridized carbons (Fsp3) is 0.188. The van der Waals surface area contributed by atoms with Crippen LogP contribution in [0.15, 0.2) is 48.5 Å². The molecule has 0 heterocycles. The summed E-state index contributed by atoms with van der Waals surface area (Å²) in [5, 5.41) is 0. The normalized spacial score (nSPS) is 11.9. The van der Waals surface area contributed by atoms with Gasteiger partial charge >= 0.3 is 0 Å². The van der Waals surface area contributed by atoms with E-state index in [0.717, 1.165) is 0 Å². The highest BCUT2D eigenvalue weighted by atomic mass is 19.1. The Morgan fingerprint density at radius 1 is 1.16 bits per heavy atom. The highest BCUT2D eigenvalue weighted by Gasteiger charge is 2.20. The molecule has 0 aliphatic rings. The molecule has 0 saturated carbocycles. The molecule has 2 aromatic rings. The van der Waals surface area contributed by atoms with Crippen molar-refractivity contribution in [2.24, 2.45) is 0 Å². The minimum atomic E-state index is -0.451. The van der Waals surface area contributed by atoms with E-state index < -0.39 is 5.92 Å². The average Bonchev–Trinajstić information content (AvgIpc) is 2.46. The SMILES string of the molecule is COc1ccc(F)cc1C(C)C(=O)c1ccccc1. The summed E-state index contributed by atoms with van der Waals surface area (Å²) in [6.07, 6.45) is 0. The summed E-state index contributed by atoms with van der Waals surface area (Å²) in [7, 11) is 1.51. The van der Waals surface area contributed by atoms with Crippen LogP contribution in [0.5, 0.6) is 5.75 Å². The Bertz CT molecular complexity index is 579. The monoisotopic (exact) mass is 258 g/mol. The third-order valence-electron chi connectivity index (χ3n) is 3.11. The number of carbonyl (C=O) groups is 1.